The molecule has 0 radical (unpaired) electrons. The molecule has 2 aromatic carbocycles. The molecule has 3 aliphatic heterocycles. The number of pyridine rings is 1. The zero-order valence-corrected chi connectivity index (χ0v) is 19.3. The molecule has 34 heavy (non-hydrogen) atoms. The first kappa shape index (κ1) is 21.1. The summed E-state index contributed by atoms with van der Waals surface area (Å²) in [7, 11) is 0. The fourth-order valence-electron chi connectivity index (χ4n) is 5.96. The van der Waals surface area contributed by atoms with Crippen LogP contribution in [0.25, 0.3) is 10.9 Å². The number of hydrogen-bond donors (Lipinski definition) is 1. The highest BCUT2D eigenvalue weighted by molar-refractivity contribution is 5.96. The van der Waals surface area contributed by atoms with Gasteiger partial charge in [-0.05, 0) is 60.9 Å². The Morgan fingerprint density at radius 3 is 2.76 bits per heavy atom. The Morgan fingerprint density at radius 1 is 1.09 bits per heavy atom. The van der Waals surface area contributed by atoms with Crippen LogP contribution in [0.15, 0.2) is 48.7 Å². The normalized spacial score (nSPS) is 24.7. The molecule has 172 valence electrons. The zero-order chi connectivity index (χ0) is 23.4. The summed E-state index contributed by atoms with van der Waals surface area (Å²) in [6, 6.07) is 17.4. The molecule has 7 heteroatoms. The van der Waals surface area contributed by atoms with Crippen molar-refractivity contribution in [2.75, 3.05) is 29.4 Å². The van der Waals surface area contributed by atoms with Gasteiger partial charge in [-0.25, -0.2) is 0 Å². The lowest BCUT2D eigenvalue weighted by atomic mass is 9.89. The van der Waals surface area contributed by atoms with Gasteiger partial charge in [-0.15, -0.1) is 0 Å². The molecular formula is C27H28N6O. The van der Waals surface area contributed by atoms with E-state index in [1.54, 1.807) is 6.20 Å². The van der Waals surface area contributed by atoms with Crippen LogP contribution in [-0.2, 0) is 17.8 Å². The number of carbonyl (C=O) groups is 1. The van der Waals surface area contributed by atoms with Gasteiger partial charge in [-0.1, -0.05) is 6.07 Å². The van der Waals surface area contributed by atoms with Crippen molar-refractivity contribution in [3.8, 4) is 6.07 Å². The van der Waals surface area contributed by atoms with E-state index in [9.17, 15) is 10.1 Å². The predicted molar refractivity (Wildman–Crippen MR) is 133 cm³/mol. The number of nitrogens with zero attached hydrogens (tertiary/aromatic N) is 5. The minimum Gasteiger partial charge on any atom is -0.368 e. The van der Waals surface area contributed by atoms with Crippen LogP contribution in [0.4, 0.5) is 11.4 Å². The van der Waals surface area contributed by atoms with Crippen LogP contribution in [0.2, 0.25) is 0 Å². The molecule has 6 rings (SSSR count). The first-order chi connectivity index (χ1) is 16.5. The average Bonchev–Trinajstić information content (AvgIpc) is 3.19. The molecule has 3 atom stereocenters. The number of rotatable bonds is 2. The van der Waals surface area contributed by atoms with Gasteiger partial charge in [-0.2, -0.15) is 5.26 Å². The molecule has 4 heterocycles. The van der Waals surface area contributed by atoms with Crippen LogP contribution in [0.1, 0.15) is 30.0 Å². The van der Waals surface area contributed by atoms with Crippen LogP contribution in [-0.4, -0.2) is 53.6 Å². The lowest BCUT2D eigenvalue weighted by Gasteiger charge is -2.49. The number of fused-ring (bicyclic) bond motifs is 3. The summed E-state index contributed by atoms with van der Waals surface area (Å²) < 4.78 is 0. The third kappa shape index (κ3) is 3.42. The molecule has 2 saturated heterocycles. The van der Waals surface area contributed by atoms with Gasteiger partial charge in [0.25, 0.3) is 0 Å². The van der Waals surface area contributed by atoms with E-state index in [4.69, 9.17) is 5.73 Å². The number of piperazine rings is 1. The van der Waals surface area contributed by atoms with Crippen molar-refractivity contribution in [2.45, 2.75) is 44.4 Å². The second kappa shape index (κ2) is 8.08. The largest absolute Gasteiger partial charge is 0.368 e. The number of nitrogens with two attached hydrogens (primary N) is 1. The monoisotopic (exact) mass is 452 g/mol. The zero-order valence-electron chi connectivity index (χ0n) is 19.3. The highest BCUT2D eigenvalue weighted by atomic mass is 16.2. The van der Waals surface area contributed by atoms with Crippen molar-refractivity contribution in [3.05, 3.63) is 65.4 Å². The van der Waals surface area contributed by atoms with Gasteiger partial charge in [0, 0.05) is 73.7 Å². The quantitative estimate of drug-likeness (QED) is 0.643. The molecule has 0 saturated carbocycles. The molecule has 0 spiro atoms. The second-order valence-corrected chi connectivity index (χ2v) is 9.85. The van der Waals surface area contributed by atoms with E-state index in [0.29, 0.717) is 30.6 Å². The molecule has 0 aliphatic carbocycles. The number of amides is 1. The van der Waals surface area contributed by atoms with E-state index in [0.717, 1.165) is 48.3 Å². The molecular weight excluding hydrogens is 424 g/mol. The fraction of sp³-hybridized carbons (Fsp3) is 0.370. The van der Waals surface area contributed by atoms with E-state index in [2.05, 4.69) is 58.1 Å². The van der Waals surface area contributed by atoms with Crippen LogP contribution < -0.4 is 15.5 Å². The van der Waals surface area contributed by atoms with Crippen molar-refractivity contribution >= 4 is 28.2 Å². The van der Waals surface area contributed by atoms with Crippen molar-refractivity contribution in [2.24, 2.45) is 5.73 Å². The van der Waals surface area contributed by atoms with Gasteiger partial charge in [-0.3, -0.25) is 14.7 Å². The summed E-state index contributed by atoms with van der Waals surface area (Å²) in [5.41, 5.74) is 12.2. The Balaban J connectivity index is 1.30. The molecule has 3 aromatic rings. The maximum absolute atomic E-state index is 12.4. The molecule has 1 aromatic heterocycles. The molecule has 3 aliphatic rings. The molecule has 7 nitrogen and oxygen atoms in total. The minimum absolute atomic E-state index is 0.0801. The Bertz CT molecular complexity index is 1330. The van der Waals surface area contributed by atoms with Crippen molar-refractivity contribution in [1.82, 2.24) is 9.88 Å². The Morgan fingerprint density at radius 2 is 1.97 bits per heavy atom. The average molecular weight is 453 g/mol. The van der Waals surface area contributed by atoms with E-state index < -0.39 is 0 Å². The number of carbonyl (C=O) groups excluding carboxylic acids is 1. The van der Waals surface area contributed by atoms with Gasteiger partial charge in [0.1, 0.15) is 6.07 Å². The summed E-state index contributed by atoms with van der Waals surface area (Å²) in [5.74, 6) is 0.114. The van der Waals surface area contributed by atoms with Crippen LogP contribution in [0, 0.1) is 11.3 Å². The predicted octanol–water partition coefficient (Wildman–Crippen LogP) is 2.81. The van der Waals surface area contributed by atoms with Crippen LogP contribution in [0.5, 0.6) is 0 Å². The maximum Gasteiger partial charge on any atom is 0.228 e. The fourth-order valence-corrected chi connectivity index (χ4v) is 5.96. The minimum atomic E-state index is -0.0801. The Hall–Kier alpha value is -3.47. The number of hydrogen-bond acceptors (Lipinski definition) is 6. The van der Waals surface area contributed by atoms with Gasteiger partial charge < -0.3 is 15.5 Å². The number of anilines is 2. The summed E-state index contributed by atoms with van der Waals surface area (Å²) in [5, 5.41) is 10.5. The molecule has 3 unspecified atom stereocenters. The Labute approximate surface area is 199 Å². The summed E-state index contributed by atoms with van der Waals surface area (Å²) in [6.45, 7) is 5.67. The lowest BCUT2D eigenvalue weighted by molar-refractivity contribution is -0.117. The Kier molecular flexibility index (Phi) is 5.01. The third-order valence-corrected chi connectivity index (χ3v) is 7.62. The maximum atomic E-state index is 12.4. The van der Waals surface area contributed by atoms with Gasteiger partial charge in [0.15, 0.2) is 0 Å². The molecule has 2 N–H and O–H groups in total. The highest BCUT2D eigenvalue weighted by Crippen LogP contribution is 2.35. The number of aromatic nitrogens is 1. The smallest absolute Gasteiger partial charge is 0.228 e. The van der Waals surface area contributed by atoms with Crippen molar-refractivity contribution < 1.29 is 4.79 Å². The highest BCUT2D eigenvalue weighted by Gasteiger charge is 2.37. The standard InChI is InChI=1S/C27H28N6O/c1-17-13-31(25-7-5-18(12-28)27-24(25)3-2-8-30-27)16-23-10-20-9-22(6-4-19(20)14-32(17)23)33-15-21(29)11-26(33)34/h2-9,17,21,23H,10-11,13-16,29H2,1H3. The molecule has 1 amide bonds. The third-order valence-electron chi connectivity index (χ3n) is 7.62. The number of benzene rings is 2. The van der Waals surface area contributed by atoms with Gasteiger partial charge in [0.05, 0.1) is 11.1 Å². The summed E-state index contributed by atoms with van der Waals surface area (Å²) in [6.07, 6.45) is 3.12. The lowest BCUT2D eigenvalue weighted by Crippen LogP contribution is -2.59. The van der Waals surface area contributed by atoms with Crippen molar-refractivity contribution in [3.63, 3.8) is 0 Å². The van der Waals surface area contributed by atoms with Gasteiger partial charge >= 0.3 is 0 Å². The first-order valence-electron chi connectivity index (χ1n) is 12.0. The van der Waals surface area contributed by atoms with E-state index in [1.807, 2.05) is 17.0 Å². The molecule has 2 fully saturated rings. The van der Waals surface area contributed by atoms with E-state index >= 15 is 0 Å². The molecule has 0 bridgehead atoms. The topological polar surface area (TPSA) is 89.5 Å². The first-order valence-corrected chi connectivity index (χ1v) is 12.0. The SMILES string of the molecule is CC1CN(c2ccc(C#N)c3ncccc23)CC2Cc3cc(N4CC(N)CC4=O)ccc3CN12. The van der Waals surface area contributed by atoms with Crippen LogP contribution in [0.3, 0.4) is 0 Å². The number of nitriles is 1. The van der Waals surface area contributed by atoms with Crippen LogP contribution >= 0.6 is 0 Å². The summed E-state index contributed by atoms with van der Waals surface area (Å²) >= 11 is 0. The van der Waals surface area contributed by atoms with Crippen molar-refractivity contribution in [1.29, 1.82) is 5.26 Å². The van der Waals surface area contributed by atoms with E-state index in [1.165, 1.54) is 11.1 Å². The van der Waals surface area contributed by atoms with E-state index in [-0.39, 0.29) is 11.9 Å². The van der Waals surface area contributed by atoms with Gasteiger partial charge in [0.2, 0.25) is 5.91 Å². The second-order valence-electron chi connectivity index (χ2n) is 9.85. The summed E-state index contributed by atoms with van der Waals surface area (Å²) in [4.78, 5) is 23.8.